The number of aromatic amines is 1. The number of hydrogen-bond donors (Lipinski definition) is 2. The number of H-pyrrole nitrogens is 1. The van der Waals surface area contributed by atoms with Gasteiger partial charge < -0.3 is 10.1 Å². The predicted molar refractivity (Wildman–Crippen MR) is 91.2 cm³/mol. The smallest absolute Gasteiger partial charge is 0.273 e. The fraction of sp³-hybridized carbons (Fsp3) is 0.235. The lowest BCUT2D eigenvalue weighted by molar-refractivity contribution is 0.102. The van der Waals surface area contributed by atoms with Crippen molar-refractivity contribution in [1.82, 2.24) is 20.0 Å². The third-order valence-electron chi connectivity index (χ3n) is 3.94. The summed E-state index contributed by atoms with van der Waals surface area (Å²) in [5.41, 5.74) is 4.61. The molecule has 0 aliphatic heterocycles. The Morgan fingerprint density at radius 2 is 1.96 bits per heavy atom. The molecule has 24 heavy (non-hydrogen) atoms. The Hall–Kier alpha value is -3.09. The van der Waals surface area contributed by atoms with Crippen molar-refractivity contribution in [2.75, 3.05) is 12.4 Å². The van der Waals surface area contributed by atoms with Crippen LogP contribution in [0, 0.1) is 13.8 Å². The quantitative estimate of drug-likeness (QED) is 0.772. The molecule has 0 saturated carbocycles. The number of methoxy groups -OCH3 is 1. The molecule has 0 atom stereocenters. The molecule has 3 aromatic rings. The highest BCUT2D eigenvalue weighted by Gasteiger charge is 2.17. The van der Waals surface area contributed by atoms with Gasteiger partial charge in [0.25, 0.3) is 5.91 Å². The van der Waals surface area contributed by atoms with Crippen LogP contribution in [0.15, 0.2) is 30.3 Å². The van der Waals surface area contributed by atoms with Gasteiger partial charge in [-0.1, -0.05) is 0 Å². The lowest BCUT2D eigenvalue weighted by Crippen LogP contribution is -2.12. The summed E-state index contributed by atoms with van der Waals surface area (Å²) in [6, 6.07) is 8.87. The van der Waals surface area contributed by atoms with E-state index in [0.29, 0.717) is 17.1 Å². The van der Waals surface area contributed by atoms with E-state index in [1.54, 1.807) is 42.1 Å². The van der Waals surface area contributed by atoms with E-state index >= 15 is 0 Å². The van der Waals surface area contributed by atoms with Gasteiger partial charge in [0.05, 0.1) is 18.5 Å². The van der Waals surface area contributed by atoms with Crippen LogP contribution in [0.3, 0.4) is 0 Å². The third-order valence-corrected chi connectivity index (χ3v) is 3.94. The van der Waals surface area contributed by atoms with Crippen molar-refractivity contribution >= 4 is 11.6 Å². The Balaban J connectivity index is 1.80. The summed E-state index contributed by atoms with van der Waals surface area (Å²) in [5, 5.41) is 14.2. The van der Waals surface area contributed by atoms with Gasteiger partial charge in [-0.15, -0.1) is 0 Å². The molecule has 0 fully saturated rings. The Labute approximate surface area is 139 Å². The topological polar surface area (TPSA) is 84.8 Å². The van der Waals surface area contributed by atoms with Gasteiger partial charge in [0, 0.05) is 24.0 Å². The average Bonchev–Trinajstić information content (AvgIpc) is 3.13. The summed E-state index contributed by atoms with van der Waals surface area (Å²) in [6.45, 7) is 3.90. The Kier molecular flexibility index (Phi) is 4.07. The molecule has 124 valence electrons. The van der Waals surface area contributed by atoms with E-state index in [1.807, 2.05) is 20.9 Å². The van der Waals surface area contributed by atoms with Gasteiger partial charge >= 0.3 is 0 Å². The number of carbonyl (C=O) groups is 1. The first kappa shape index (κ1) is 15.8. The minimum atomic E-state index is -0.252. The number of amides is 1. The van der Waals surface area contributed by atoms with Gasteiger partial charge in [0.1, 0.15) is 11.4 Å². The van der Waals surface area contributed by atoms with Gasteiger partial charge in [-0.05, 0) is 44.2 Å². The minimum Gasteiger partial charge on any atom is -0.497 e. The van der Waals surface area contributed by atoms with Gasteiger partial charge in [0.15, 0.2) is 0 Å². The molecule has 1 aromatic carbocycles. The van der Waals surface area contributed by atoms with Crippen LogP contribution in [0.1, 0.15) is 21.9 Å². The molecule has 3 rings (SSSR count). The van der Waals surface area contributed by atoms with Gasteiger partial charge in [-0.25, -0.2) is 0 Å². The number of aryl methyl sites for hydroxylation is 2. The standard InChI is InChI=1S/C17H19N5O2/c1-10-16(11(2)22(3)21-10)14-9-15(20-19-14)17(23)18-12-5-7-13(24-4)8-6-12/h5-9H,1-4H3,(H,18,23)(H,19,20). The van der Waals surface area contributed by atoms with Crippen LogP contribution < -0.4 is 10.1 Å². The van der Waals surface area contributed by atoms with Crippen LogP contribution >= 0.6 is 0 Å². The number of rotatable bonds is 4. The van der Waals surface area contributed by atoms with Crippen molar-refractivity contribution < 1.29 is 9.53 Å². The Bertz CT molecular complexity index is 877. The maximum atomic E-state index is 12.4. The SMILES string of the molecule is COc1ccc(NC(=O)c2cc(-c3c(C)nn(C)c3C)n[nH]2)cc1. The van der Waals surface area contributed by atoms with E-state index in [0.717, 1.165) is 22.7 Å². The second kappa shape index (κ2) is 6.19. The highest BCUT2D eigenvalue weighted by molar-refractivity contribution is 6.03. The zero-order valence-electron chi connectivity index (χ0n) is 14.0. The molecule has 1 amide bonds. The van der Waals surface area contributed by atoms with Crippen LogP contribution in [-0.4, -0.2) is 33.0 Å². The average molecular weight is 325 g/mol. The van der Waals surface area contributed by atoms with Gasteiger partial charge in [-0.3, -0.25) is 14.6 Å². The number of benzene rings is 1. The maximum Gasteiger partial charge on any atom is 0.273 e. The molecule has 0 unspecified atom stereocenters. The molecule has 0 aliphatic rings. The van der Waals surface area contributed by atoms with Crippen molar-refractivity contribution in [2.45, 2.75) is 13.8 Å². The zero-order chi connectivity index (χ0) is 17.3. The van der Waals surface area contributed by atoms with Crippen LogP contribution in [0.5, 0.6) is 5.75 Å². The second-order valence-corrected chi connectivity index (χ2v) is 5.52. The first-order chi connectivity index (χ1) is 11.5. The first-order valence-electron chi connectivity index (χ1n) is 7.51. The molecule has 0 aliphatic carbocycles. The highest BCUT2D eigenvalue weighted by atomic mass is 16.5. The Morgan fingerprint density at radius 1 is 1.25 bits per heavy atom. The maximum absolute atomic E-state index is 12.4. The molecule has 7 nitrogen and oxygen atoms in total. The summed E-state index contributed by atoms with van der Waals surface area (Å²) < 4.78 is 6.90. The molecule has 0 saturated heterocycles. The number of ether oxygens (including phenoxy) is 1. The van der Waals surface area contributed by atoms with E-state index in [-0.39, 0.29) is 5.91 Å². The normalized spacial score (nSPS) is 10.7. The number of carbonyl (C=O) groups excluding carboxylic acids is 1. The number of anilines is 1. The van der Waals surface area contributed by atoms with E-state index in [4.69, 9.17) is 4.74 Å². The molecular weight excluding hydrogens is 306 g/mol. The largest absolute Gasteiger partial charge is 0.497 e. The first-order valence-corrected chi connectivity index (χ1v) is 7.51. The van der Waals surface area contributed by atoms with Crippen LogP contribution in [0.2, 0.25) is 0 Å². The van der Waals surface area contributed by atoms with Crippen LogP contribution in [0.4, 0.5) is 5.69 Å². The second-order valence-electron chi connectivity index (χ2n) is 5.52. The lowest BCUT2D eigenvalue weighted by atomic mass is 10.1. The molecule has 0 bridgehead atoms. The fourth-order valence-corrected chi connectivity index (χ4v) is 2.58. The number of aromatic nitrogens is 4. The molecule has 2 aromatic heterocycles. The van der Waals surface area contributed by atoms with Crippen LogP contribution in [-0.2, 0) is 7.05 Å². The molecule has 7 heteroatoms. The predicted octanol–water partition coefficient (Wildman–Crippen LogP) is 2.69. The number of nitrogens with zero attached hydrogens (tertiary/aromatic N) is 3. The van der Waals surface area contributed by atoms with E-state index in [1.165, 1.54) is 0 Å². The molecular formula is C17H19N5O2. The monoisotopic (exact) mass is 325 g/mol. The van der Waals surface area contributed by atoms with Crippen molar-refractivity contribution in [3.8, 4) is 17.0 Å². The van der Waals surface area contributed by atoms with Crippen molar-refractivity contribution in [3.05, 3.63) is 47.4 Å². The fourth-order valence-electron chi connectivity index (χ4n) is 2.58. The van der Waals surface area contributed by atoms with Crippen molar-refractivity contribution in [1.29, 1.82) is 0 Å². The summed E-state index contributed by atoms with van der Waals surface area (Å²) in [4.78, 5) is 12.4. The van der Waals surface area contributed by atoms with Crippen LogP contribution in [0.25, 0.3) is 11.3 Å². The van der Waals surface area contributed by atoms with Gasteiger partial charge in [-0.2, -0.15) is 10.2 Å². The molecule has 0 spiro atoms. The van der Waals surface area contributed by atoms with E-state index in [2.05, 4.69) is 20.6 Å². The number of hydrogen-bond acceptors (Lipinski definition) is 4. The van der Waals surface area contributed by atoms with E-state index < -0.39 is 0 Å². The number of nitrogens with one attached hydrogen (secondary N) is 2. The highest BCUT2D eigenvalue weighted by Crippen LogP contribution is 2.25. The lowest BCUT2D eigenvalue weighted by Gasteiger charge is -2.04. The Morgan fingerprint density at radius 3 is 2.54 bits per heavy atom. The zero-order valence-corrected chi connectivity index (χ0v) is 14.0. The summed E-state index contributed by atoms with van der Waals surface area (Å²) in [7, 11) is 3.48. The summed E-state index contributed by atoms with van der Waals surface area (Å²) >= 11 is 0. The van der Waals surface area contributed by atoms with Crippen molar-refractivity contribution in [2.24, 2.45) is 7.05 Å². The third kappa shape index (κ3) is 2.88. The summed E-state index contributed by atoms with van der Waals surface area (Å²) in [5.74, 6) is 0.484. The molecule has 2 heterocycles. The molecule has 0 radical (unpaired) electrons. The summed E-state index contributed by atoms with van der Waals surface area (Å²) in [6.07, 6.45) is 0. The van der Waals surface area contributed by atoms with E-state index in [9.17, 15) is 4.79 Å². The molecule has 2 N–H and O–H groups in total. The minimum absolute atomic E-state index is 0.252. The van der Waals surface area contributed by atoms with Crippen molar-refractivity contribution in [3.63, 3.8) is 0 Å². The van der Waals surface area contributed by atoms with Gasteiger partial charge in [0.2, 0.25) is 0 Å².